The summed E-state index contributed by atoms with van der Waals surface area (Å²) in [6.45, 7) is 0.414. The largest absolute Gasteiger partial charge is 0.495 e. The molecular weight excluding hydrogens is 240 g/mol. The van der Waals surface area contributed by atoms with Gasteiger partial charge in [-0.05, 0) is 29.6 Å². The third-order valence-electron chi connectivity index (χ3n) is 2.59. The van der Waals surface area contributed by atoms with E-state index in [1.54, 1.807) is 13.2 Å². The topological polar surface area (TPSA) is 73.8 Å². The van der Waals surface area contributed by atoms with Crippen LogP contribution < -0.4 is 4.74 Å². The van der Waals surface area contributed by atoms with E-state index in [0.29, 0.717) is 18.0 Å². The monoisotopic (exact) mass is 250 g/mol. The highest BCUT2D eigenvalue weighted by molar-refractivity contribution is 6.36. The van der Waals surface area contributed by atoms with Crippen molar-refractivity contribution in [1.29, 1.82) is 0 Å². The summed E-state index contributed by atoms with van der Waals surface area (Å²) in [4.78, 5) is 5.86. The molecule has 6 heteroatoms. The van der Waals surface area contributed by atoms with Gasteiger partial charge in [-0.3, -0.25) is 0 Å². The molecule has 1 aromatic carbocycles. The molecule has 5 nitrogen and oxygen atoms in total. The van der Waals surface area contributed by atoms with Gasteiger partial charge in [-0.25, -0.2) is 0 Å². The summed E-state index contributed by atoms with van der Waals surface area (Å²) in [5, 5.41) is 5.11. The maximum Gasteiger partial charge on any atom is 0.143 e. The molecule has 2 aromatic rings. The van der Waals surface area contributed by atoms with E-state index in [9.17, 15) is 0 Å². The van der Waals surface area contributed by atoms with Crippen LogP contribution in [0.15, 0.2) is 23.4 Å². The molecule has 88 valence electrons. The number of H-pyrrole nitrogens is 1. The molecule has 0 radical (unpaired) electrons. The number of halogens is 1. The first kappa shape index (κ1) is 11.6. The molecule has 1 heterocycles. The molecule has 0 spiro atoms. The molecule has 0 saturated heterocycles. The van der Waals surface area contributed by atoms with E-state index in [2.05, 4.69) is 15.0 Å². The van der Waals surface area contributed by atoms with Crippen molar-refractivity contribution in [2.24, 2.45) is 5.11 Å². The van der Waals surface area contributed by atoms with Crippen molar-refractivity contribution in [3.63, 3.8) is 0 Å². The van der Waals surface area contributed by atoms with E-state index >= 15 is 0 Å². The number of hydrogen-bond donors (Lipinski definition) is 1. The van der Waals surface area contributed by atoms with Gasteiger partial charge in [-0.1, -0.05) is 16.7 Å². The number of azide groups is 1. The fourth-order valence-electron chi connectivity index (χ4n) is 1.83. The van der Waals surface area contributed by atoms with Gasteiger partial charge < -0.3 is 9.72 Å². The molecule has 0 saturated carbocycles. The lowest BCUT2D eigenvalue weighted by molar-refractivity contribution is 0.419. The van der Waals surface area contributed by atoms with Gasteiger partial charge in [0.15, 0.2) is 0 Å². The zero-order valence-corrected chi connectivity index (χ0v) is 10.0. The zero-order valence-electron chi connectivity index (χ0n) is 9.27. The molecule has 2 rings (SSSR count). The Hall–Kier alpha value is -1.84. The fraction of sp³-hybridized carbons (Fsp3) is 0.273. The Morgan fingerprint density at radius 1 is 1.53 bits per heavy atom. The van der Waals surface area contributed by atoms with E-state index in [-0.39, 0.29) is 0 Å². The Morgan fingerprint density at radius 3 is 3.06 bits per heavy atom. The van der Waals surface area contributed by atoms with Gasteiger partial charge in [0.25, 0.3) is 0 Å². The molecule has 1 N–H and O–H groups in total. The van der Waals surface area contributed by atoms with Gasteiger partial charge in [0, 0.05) is 23.0 Å². The molecule has 17 heavy (non-hydrogen) atoms. The Morgan fingerprint density at radius 2 is 2.35 bits per heavy atom. The average Bonchev–Trinajstić information content (AvgIpc) is 2.75. The number of nitrogens with one attached hydrogen (secondary N) is 1. The summed E-state index contributed by atoms with van der Waals surface area (Å²) in [5.74, 6) is 0.749. The van der Waals surface area contributed by atoms with Crippen LogP contribution in [0.1, 0.15) is 5.56 Å². The van der Waals surface area contributed by atoms with E-state index < -0.39 is 0 Å². The van der Waals surface area contributed by atoms with Crippen LogP contribution >= 0.6 is 11.6 Å². The van der Waals surface area contributed by atoms with Crippen LogP contribution in [0.4, 0.5) is 0 Å². The summed E-state index contributed by atoms with van der Waals surface area (Å²) in [7, 11) is 1.61. The number of aromatic amines is 1. The predicted molar refractivity (Wildman–Crippen MR) is 67.6 cm³/mol. The van der Waals surface area contributed by atoms with Crippen molar-refractivity contribution in [3.05, 3.63) is 39.4 Å². The van der Waals surface area contributed by atoms with Gasteiger partial charge in [0.2, 0.25) is 0 Å². The van der Waals surface area contributed by atoms with Crippen molar-refractivity contribution in [1.82, 2.24) is 4.98 Å². The summed E-state index contributed by atoms with van der Waals surface area (Å²) in [6.07, 6.45) is 2.52. The predicted octanol–water partition coefficient (Wildman–Crippen LogP) is 3.68. The Kier molecular flexibility index (Phi) is 3.42. The number of aromatic nitrogens is 1. The van der Waals surface area contributed by atoms with Crippen LogP contribution in [-0.4, -0.2) is 18.6 Å². The third-order valence-corrected chi connectivity index (χ3v) is 2.91. The minimum atomic E-state index is 0.414. The molecule has 0 unspecified atom stereocenters. The van der Waals surface area contributed by atoms with E-state index in [0.717, 1.165) is 22.2 Å². The summed E-state index contributed by atoms with van der Waals surface area (Å²) < 4.78 is 5.25. The third kappa shape index (κ3) is 2.16. The smallest absolute Gasteiger partial charge is 0.143 e. The minimum absolute atomic E-state index is 0.414. The summed E-state index contributed by atoms with van der Waals surface area (Å²) >= 11 is 6.17. The second-order valence-electron chi connectivity index (χ2n) is 3.52. The number of hydrogen-bond acceptors (Lipinski definition) is 2. The lowest BCUT2D eigenvalue weighted by atomic mass is 10.1. The number of ether oxygens (including phenoxy) is 1. The molecule has 0 aliphatic rings. The highest BCUT2D eigenvalue weighted by Crippen LogP contribution is 2.33. The molecular formula is C11H11ClN4O. The van der Waals surface area contributed by atoms with Crippen LogP contribution in [0.3, 0.4) is 0 Å². The summed E-state index contributed by atoms with van der Waals surface area (Å²) in [6, 6.07) is 3.62. The van der Waals surface area contributed by atoms with Crippen molar-refractivity contribution in [2.45, 2.75) is 6.42 Å². The first-order valence-corrected chi connectivity index (χ1v) is 5.49. The Labute approximate surface area is 103 Å². The molecule has 0 bridgehead atoms. The number of fused-ring (bicyclic) bond motifs is 1. The van der Waals surface area contributed by atoms with Gasteiger partial charge in [-0.2, -0.15) is 0 Å². The van der Waals surface area contributed by atoms with Crippen LogP contribution in [0.25, 0.3) is 21.3 Å². The first-order valence-electron chi connectivity index (χ1n) is 5.11. The van der Waals surface area contributed by atoms with E-state index in [1.807, 2.05) is 12.3 Å². The van der Waals surface area contributed by atoms with Crippen LogP contribution in [-0.2, 0) is 6.42 Å². The Balaban J connectivity index is 2.47. The molecule has 1 aromatic heterocycles. The lowest BCUT2D eigenvalue weighted by Crippen LogP contribution is -1.88. The maximum absolute atomic E-state index is 8.25. The van der Waals surface area contributed by atoms with Crippen LogP contribution in [0, 0.1) is 0 Å². The highest BCUT2D eigenvalue weighted by Gasteiger charge is 2.11. The van der Waals surface area contributed by atoms with Crippen molar-refractivity contribution in [2.75, 3.05) is 13.7 Å². The SMILES string of the molecule is COc1ccc(Cl)c2c(CCN=[N+]=[N-])c[nH]c12. The molecule has 0 aliphatic heterocycles. The maximum atomic E-state index is 8.25. The van der Waals surface area contributed by atoms with Gasteiger partial charge in [0.1, 0.15) is 5.75 Å². The standard InChI is InChI=1S/C11H11ClN4O/c1-17-9-3-2-8(12)10-7(4-5-15-16-13)6-14-11(9)10/h2-3,6,14H,4-5H2,1H3. The Bertz CT molecular complexity index is 586. The molecule has 0 aliphatic carbocycles. The van der Waals surface area contributed by atoms with Crippen molar-refractivity contribution in [3.8, 4) is 5.75 Å². The van der Waals surface area contributed by atoms with Crippen molar-refractivity contribution < 1.29 is 4.74 Å². The molecule has 0 atom stereocenters. The zero-order chi connectivity index (χ0) is 12.3. The quantitative estimate of drug-likeness (QED) is 0.502. The van der Waals surface area contributed by atoms with Crippen LogP contribution in [0.5, 0.6) is 5.75 Å². The number of nitrogens with zero attached hydrogens (tertiary/aromatic N) is 3. The van der Waals surface area contributed by atoms with Gasteiger partial charge in [0.05, 0.1) is 17.6 Å². The molecule has 0 fully saturated rings. The van der Waals surface area contributed by atoms with E-state index in [1.165, 1.54) is 0 Å². The number of methoxy groups -OCH3 is 1. The number of rotatable bonds is 4. The van der Waals surface area contributed by atoms with Crippen molar-refractivity contribution >= 4 is 22.5 Å². The lowest BCUT2D eigenvalue weighted by Gasteiger charge is -2.03. The highest BCUT2D eigenvalue weighted by atomic mass is 35.5. The number of benzene rings is 1. The van der Waals surface area contributed by atoms with Crippen LogP contribution in [0.2, 0.25) is 5.02 Å². The molecule has 0 amide bonds. The average molecular weight is 251 g/mol. The fourth-order valence-corrected chi connectivity index (χ4v) is 2.11. The van der Waals surface area contributed by atoms with Gasteiger partial charge >= 0.3 is 0 Å². The van der Waals surface area contributed by atoms with Gasteiger partial charge in [-0.15, -0.1) is 0 Å². The normalized spacial score (nSPS) is 10.2. The summed E-state index contributed by atoms with van der Waals surface area (Å²) in [5.41, 5.74) is 10.1. The second-order valence-corrected chi connectivity index (χ2v) is 3.93. The van der Waals surface area contributed by atoms with E-state index in [4.69, 9.17) is 21.9 Å². The first-order chi connectivity index (χ1) is 8.27. The second kappa shape index (κ2) is 4.99. The minimum Gasteiger partial charge on any atom is -0.495 e.